The molecule has 3 heterocycles. The Morgan fingerprint density at radius 3 is 2.42 bits per heavy atom. The van der Waals surface area contributed by atoms with Gasteiger partial charge in [-0.05, 0) is 49.2 Å². The van der Waals surface area contributed by atoms with E-state index in [1.54, 1.807) is 0 Å². The number of likely N-dealkylation sites (tertiary alicyclic amines) is 1. The third-order valence-corrected chi connectivity index (χ3v) is 5.59. The first-order chi connectivity index (χ1) is 11.7. The van der Waals surface area contributed by atoms with E-state index in [-0.39, 0.29) is 5.43 Å². The lowest BCUT2D eigenvalue weighted by molar-refractivity contribution is 0.387. The fourth-order valence-electron chi connectivity index (χ4n) is 4.43. The Morgan fingerprint density at radius 1 is 0.917 bits per heavy atom. The van der Waals surface area contributed by atoms with E-state index in [2.05, 4.69) is 22.9 Å². The Bertz CT molecular complexity index is 980. The van der Waals surface area contributed by atoms with Crippen LogP contribution >= 0.6 is 0 Å². The van der Waals surface area contributed by atoms with Crippen LogP contribution in [0.1, 0.15) is 0 Å². The van der Waals surface area contributed by atoms with Crippen molar-refractivity contribution in [2.24, 2.45) is 11.8 Å². The van der Waals surface area contributed by atoms with Gasteiger partial charge in [0.2, 0.25) is 5.43 Å². The molecule has 4 nitrogen and oxygen atoms in total. The van der Waals surface area contributed by atoms with Gasteiger partial charge in [-0.1, -0.05) is 12.1 Å². The summed E-state index contributed by atoms with van der Waals surface area (Å²) in [4.78, 5) is 17.7. The van der Waals surface area contributed by atoms with Gasteiger partial charge >= 0.3 is 0 Å². The molecule has 2 aromatic carbocycles. The number of hydrogen-bond donors (Lipinski definition) is 0. The molecule has 0 unspecified atom stereocenters. The summed E-state index contributed by atoms with van der Waals surface area (Å²) >= 11 is 0. The molecule has 0 bridgehead atoms. The first-order valence-electron chi connectivity index (χ1n) is 8.58. The second-order valence-corrected chi connectivity index (χ2v) is 7.25. The molecule has 2 saturated heterocycles. The zero-order chi connectivity index (χ0) is 16.3. The number of anilines is 1. The SMILES string of the molecule is CN1C[C@H]2CN(c3ccc4oc5ccccc5c(=O)c4c3)C[C@@H]2C1. The summed E-state index contributed by atoms with van der Waals surface area (Å²) in [7, 11) is 2.20. The molecule has 2 aliphatic heterocycles. The van der Waals surface area contributed by atoms with Gasteiger partial charge in [0.05, 0.1) is 10.8 Å². The van der Waals surface area contributed by atoms with Crippen molar-refractivity contribution in [3.05, 3.63) is 52.7 Å². The summed E-state index contributed by atoms with van der Waals surface area (Å²) in [6.07, 6.45) is 0. The monoisotopic (exact) mass is 320 g/mol. The van der Waals surface area contributed by atoms with Gasteiger partial charge in [0.15, 0.2) is 0 Å². The van der Waals surface area contributed by atoms with Crippen molar-refractivity contribution >= 4 is 27.6 Å². The molecule has 0 spiro atoms. The van der Waals surface area contributed by atoms with Gasteiger partial charge in [0.1, 0.15) is 11.2 Å². The quantitative estimate of drug-likeness (QED) is 0.646. The molecule has 5 rings (SSSR count). The smallest absolute Gasteiger partial charge is 0.200 e. The van der Waals surface area contributed by atoms with E-state index in [0.29, 0.717) is 21.9 Å². The second-order valence-electron chi connectivity index (χ2n) is 7.25. The van der Waals surface area contributed by atoms with Crippen LogP contribution in [0.3, 0.4) is 0 Å². The van der Waals surface area contributed by atoms with E-state index < -0.39 is 0 Å². The van der Waals surface area contributed by atoms with E-state index in [1.807, 2.05) is 36.4 Å². The molecule has 122 valence electrons. The Balaban J connectivity index is 1.58. The number of para-hydroxylation sites is 1. The van der Waals surface area contributed by atoms with Crippen molar-refractivity contribution in [2.75, 3.05) is 38.1 Å². The summed E-state index contributed by atoms with van der Waals surface area (Å²) in [5.74, 6) is 1.50. The van der Waals surface area contributed by atoms with E-state index in [0.717, 1.165) is 30.6 Å². The minimum absolute atomic E-state index is 0.0628. The van der Waals surface area contributed by atoms with Crippen LogP contribution in [0.2, 0.25) is 0 Å². The van der Waals surface area contributed by atoms with Gasteiger partial charge in [-0.3, -0.25) is 4.79 Å². The molecule has 0 N–H and O–H groups in total. The van der Waals surface area contributed by atoms with Crippen molar-refractivity contribution in [2.45, 2.75) is 0 Å². The molecule has 2 fully saturated rings. The largest absolute Gasteiger partial charge is 0.456 e. The third kappa shape index (κ3) is 2.06. The van der Waals surface area contributed by atoms with Crippen molar-refractivity contribution in [3.8, 4) is 0 Å². The highest BCUT2D eigenvalue weighted by atomic mass is 16.3. The van der Waals surface area contributed by atoms with Crippen LogP contribution in [0.5, 0.6) is 0 Å². The van der Waals surface area contributed by atoms with Crippen LogP contribution in [0.25, 0.3) is 21.9 Å². The number of rotatable bonds is 1. The zero-order valence-corrected chi connectivity index (χ0v) is 13.7. The number of fused-ring (bicyclic) bond motifs is 3. The molecular formula is C20H20N2O2. The fraction of sp³-hybridized carbons (Fsp3) is 0.350. The Kier molecular flexibility index (Phi) is 2.98. The number of nitrogens with zero attached hydrogens (tertiary/aromatic N) is 2. The molecule has 3 aromatic rings. The molecule has 1 aromatic heterocycles. The lowest BCUT2D eigenvalue weighted by Crippen LogP contribution is -2.26. The Morgan fingerprint density at radius 2 is 1.62 bits per heavy atom. The normalized spacial score (nSPS) is 24.1. The number of benzene rings is 2. The van der Waals surface area contributed by atoms with Crippen molar-refractivity contribution in [1.29, 1.82) is 0 Å². The lowest BCUT2D eigenvalue weighted by atomic mass is 10.0. The predicted octanol–water partition coefficient (Wildman–Crippen LogP) is 2.94. The highest BCUT2D eigenvalue weighted by molar-refractivity contribution is 5.91. The topological polar surface area (TPSA) is 36.7 Å². The Hall–Kier alpha value is -2.33. The molecule has 0 aliphatic carbocycles. The summed E-state index contributed by atoms with van der Waals surface area (Å²) in [5, 5.41) is 1.34. The second kappa shape index (κ2) is 5.08. The Labute approximate surface area is 140 Å². The first kappa shape index (κ1) is 14.1. The molecule has 0 amide bonds. The van der Waals surface area contributed by atoms with E-state index >= 15 is 0 Å². The molecule has 4 heteroatoms. The summed E-state index contributed by atoms with van der Waals surface area (Å²) in [6.45, 7) is 4.53. The van der Waals surface area contributed by atoms with Gasteiger partial charge in [0.25, 0.3) is 0 Å². The highest BCUT2D eigenvalue weighted by Gasteiger charge is 2.38. The maximum Gasteiger partial charge on any atom is 0.200 e. The average molecular weight is 320 g/mol. The van der Waals surface area contributed by atoms with Crippen molar-refractivity contribution in [3.63, 3.8) is 0 Å². The lowest BCUT2D eigenvalue weighted by Gasteiger charge is -2.21. The minimum atomic E-state index is 0.0628. The molecule has 24 heavy (non-hydrogen) atoms. The average Bonchev–Trinajstić information content (AvgIpc) is 3.12. The third-order valence-electron chi connectivity index (χ3n) is 5.59. The molecule has 0 radical (unpaired) electrons. The summed E-state index contributed by atoms with van der Waals surface area (Å²) in [6, 6.07) is 13.5. The van der Waals surface area contributed by atoms with Crippen LogP contribution in [-0.4, -0.2) is 38.1 Å². The maximum absolute atomic E-state index is 12.8. The van der Waals surface area contributed by atoms with Crippen LogP contribution in [0, 0.1) is 11.8 Å². The van der Waals surface area contributed by atoms with Crippen LogP contribution in [0.15, 0.2) is 51.7 Å². The molecule has 0 saturated carbocycles. The van der Waals surface area contributed by atoms with Gasteiger partial charge < -0.3 is 14.2 Å². The fourth-order valence-corrected chi connectivity index (χ4v) is 4.43. The first-order valence-corrected chi connectivity index (χ1v) is 8.58. The highest BCUT2D eigenvalue weighted by Crippen LogP contribution is 2.34. The van der Waals surface area contributed by atoms with Crippen molar-refractivity contribution < 1.29 is 4.42 Å². The molecule has 2 atom stereocenters. The molecular weight excluding hydrogens is 300 g/mol. The van der Waals surface area contributed by atoms with Gasteiger partial charge in [0, 0.05) is 31.9 Å². The van der Waals surface area contributed by atoms with E-state index in [1.165, 1.54) is 13.1 Å². The van der Waals surface area contributed by atoms with Gasteiger partial charge in [-0.2, -0.15) is 0 Å². The summed E-state index contributed by atoms with van der Waals surface area (Å²) in [5.41, 5.74) is 2.53. The predicted molar refractivity (Wildman–Crippen MR) is 96.7 cm³/mol. The minimum Gasteiger partial charge on any atom is -0.456 e. The standard InChI is InChI=1S/C20H20N2O2/c1-21-9-13-11-22(12-14(13)10-21)15-6-7-19-17(8-15)20(23)16-4-2-3-5-18(16)24-19/h2-8,13-14H,9-12H2,1H3/t13-,14-/m0/s1. The van der Waals surface area contributed by atoms with Crippen LogP contribution in [-0.2, 0) is 0 Å². The van der Waals surface area contributed by atoms with Gasteiger partial charge in [-0.15, -0.1) is 0 Å². The maximum atomic E-state index is 12.8. The van der Waals surface area contributed by atoms with Gasteiger partial charge in [-0.25, -0.2) is 0 Å². The molecule has 2 aliphatic rings. The summed E-state index contributed by atoms with van der Waals surface area (Å²) < 4.78 is 5.91. The van der Waals surface area contributed by atoms with E-state index in [9.17, 15) is 4.79 Å². The van der Waals surface area contributed by atoms with E-state index in [4.69, 9.17) is 4.42 Å². The van der Waals surface area contributed by atoms with Crippen molar-refractivity contribution in [1.82, 2.24) is 4.90 Å². The zero-order valence-electron chi connectivity index (χ0n) is 13.7. The van der Waals surface area contributed by atoms with Crippen LogP contribution < -0.4 is 10.3 Å². The number of hydrogen-bond acceptors (Lipinski definition) is 4. The van der Waals surface area contributed by atoms with Crippen LogP contribution in [0.4, 0.5) is 5.69 Å².